The van der Waals surface area contributed by atoms with E-state index in [1.54, 1.807) is 4.57 Å². The van der Waals surface area contributed by atoms with Crippen molar-refractivity contribution in [1.29, 1.82) is 0 Å². The number of aryl methyl sites for hydroxylation is 1. The first-order valence-corrected chi connectivity index (χ1v) is 9.94. The van der Waals surface area contributed by atoms with Crippen molar-refractivity contribution in [3.63, 3.8) is 0 Å². The van der Waals surface area contributed by atoms with Crippen LogP contribution in [0.2, 0.25) is 0 Å². The first kappa shape index (κ1) is 19.3. The molecule has 0 spiro atoms. The van der Waals surface area contributed by atoms with Gasteiger partial charge in [0.05, 0.1) is 22.6 Å². The van der Waals surface area contributed by atoms with Gasteiger partial charge in [0.15, 0.2) is 0 Å². The average Bonchev–Trinajstić information content (AvgIpc) is 2.68. The number of rotatable bonds is 8. The van der Waals surface area contributed by atoms with Crippen LogP contribution < -0.4 is 10.9 Å². The topological polar surface area (TPSA) is 46.9 Å². The van der Waals surface area contributed by atoms with E-state index in [-0.39, 0.29) is 11.6 Å². The summed E-state index contributed by atoms with van der Waals surface area (Å²) in [4.78, 5) is 18.2. The van der Waals surface area contributed by atoms with Crippen LogP contribution in [0.1, 0.15) is 57.0 Å². The van der Waals surface area contributed by atoms with Gasteiger partial charge in [-0.3, -0.25) is 9.36 Å². The van der Waals surface area contributed by atoms with Crippen LogP contribution in [0.4, 0.5) is 0 Å². The fraction of sp³-hybridized carbons (Fsp3) is 0.391. The number of nitrogens with one attached hydrogen (secondary N) is 1. The van der Waals surface area contributed by atoms with E-state index in [9.17, 15) is 4.79 Å². The molecule has 1 aromatic heterocycles. The molecule has 0 fully saturated rings. The number of nitrogens with zero attached hydrogens (tertiary/aromatic N) is 2. The fourth-order valence-electron chi connectivity index (χ4n) is 3.45. The highest BCUT2D eigenvalue weighted by molar-refractivity contribution is 5.78. The average molecular weight is 364 g/mol. The van der Waals surface area contributed by atoms with Crippen molar-refractivity contribution < 1.29 is 0 Å². The first-order valence-electron chi connectivity index (χ1n) is 9.94. The van der Waals surface area contributed by atoms with Gasteiger partial charge in [0.1, 0.15) is 5.82 Å². The second-order valence-corrected chi connectivity index (χ2v) is 7.15. The van der Waals surface area contributed by atoms with Crippen molar-refractivity contribution in [2.24, 2.45) is 0 Å². The van der Waals surface area contributed by atoms with E-state index in [2.05, 4.69) is 19.2 Å². The molecular formula is C23H29N3O. The zero-order valence-corrected chi connectivity index (χ0v) is 16.5. The SMILES string of the molecule is CCCCCCNC(C)c1nc2ccccc2c(=O)n1-c1ccccc1C. The van der Waals surface area contributed by atoms with Gasteiger partial charge in [0, 0.05) is 0 Å². The van der Waals surface area contributed by atoms with Crippen LogP contribution in [0, 0.1) is 6.92 Å². The lowest BCUT2D eigenvalue weighted by Crippen LogP contribution is -2.31. The van der Waals surface area contributed by atoms with E-state index < -0.39 is 0 Å². The molecule has 1 atom stereocenters. The highest BCUT2D eigenvalue weighted by Gasteiger charge is 2.18. The number of benzene rings is 2. The Bertz CT molecular complexity index is 961. The molecule has 2 aromatic carbocycles. The van der Waals surface area contributed by atoms with Crippen LogP contribution in [0.25, 0.3) is 16.6 Å². The molecule has 4 heteroatoms. The molecule has 0 aliphatic rings. The molecule has 0 saturated heterocycles. The molecule has 0 saturated carbocycles. The van der Waals surface area contributed by atoms with Crippen molar-refractivity contribution in [3.05, 3.63) is 70.3 Å². The van der Waals surface area contributed by atoms with Crippen LogP contribution in [0.15, 0.2) is 53.3 Å². The smallest absolute Gasteiger partial charge is 0.266 e. The van der Waals surface area contributed by atoms with E-state index in [1.807, 2.05) is 55.5 Å². The quantitative estimate of drug-likeness (QED) is 0.578. The lowest BCUT2D eigenvalue weighted by atomic mass is 10.1. The maximum atomic E-state index is 13.3. The minimum atomic E-state index is -0.0106. The molecule has 3 rings (SSSR count). The van der Waals surface area contributed by atoms with Crippen LogP contribution in [-0.2, 0) is 0 Å². The molecule has 1 heterocycles. The summed E-state index contributed by atoms with van der Waals surface area (Å²) in [6.07, 6.45) is 4.86. The molecular weight excluding hydrogens is 334 g/mol. The molecule has 3 aromatic rings. The highest BCUT2D eigenvalue weighted by atomic mass is 16.1. The van der Waals surface area contributed by atoms with E-state index in [0.717, 1.165) is 35.6 Å². The fourth-order valence-corrected chi connectivity index (χ4v) is 3.45. The number of hydrogen-bond acceptors (Lipinski definition) is 3. The van der Waals surface area contributed by atoms with Crippen molar-refractivity contribution >= 4 is 10.9 Å². The van der Waals surface area contributed by atoms with E-state index in [4.69, 9.17) is 4.98 Å². The zero-order valence-electron chi connectivity index (χ0n) is 16.5. The summed E-state index contributed by atoms with van der Waals surface area (Å²) in [6, 6.07) is 15.6. The predicted octanol–water partition coefficient (Wildman–Crippen LogP) is 4.93. The van der Waals surface area contributed by atoms with Gasteiger partial charge < -0.3 is 5.32 Å². The summed E-state index contributed by atoms with van der Waals surface area (Å²) < 4.78 is 1.78. The van der Waals surface area contributed by atoms with Gasteiger partial charge in [-0.05, 0) is 50.6 Å². The monoisotopic (exact) mass is 363 g/mol. The molecule has 0 amide bonds. The van der Waals surface area contributed by atoms with Gasteiger partial charge in [-0.15, -0.1) is 0 Å². The summed E-state index contributed by atoms with van der Waals surface area (Å²) in [6.45, 7) is 7.27. The largest absolute Gasteiger partial charge is 0.308 e. The zero-order chi connectivity index (χ0) is 19.2. The van der Waals surface area contributed by atoms with Gasteiger partial charge in [-0.2, -0.15) is 0 Å². The molecule has 1 unspecified atom stereocenters. The Morgan fingerprint density at radius 1 is 1.04 bits per heavy atom. The molecule has 0 aliphatic heterocycles. The summed E-state index contributed by atoms with van der Waals surface area (Å²) >= 11 is 0. The second-order valence-electron chi connectivity index (χ2n) is 7.15. The van der Waals surface area contributed by atoms with Crippen molar-refractivity contribution in [3.8, 4) is 5.69 Å². The van der Waals surface area contributed by atoms with Crippen LogP contribution >= 0.6 is 0 Å². The minimum Gasteiger partial charge on any atom is -0.308 e. The number of para-hydroxylation sites is 2. The second kappa shape index (κ2) is 8.96. The van der Waals surface area contributed by atoms with Crippen molar-refractivity contribution in [1.82, 2.24) is 14.9 Å². The Kier molecular flexibility index (Phi) is 6.40. The molecule has 1 N–H and O–H groups in total. The predicted molar refractivity (Wildman–Crippen MR) is 113 cm³/mol. The maximum absolute atomic E-state index is 13.3. The molecule has 0 radical (unpaired) electrons. The summed E-state index contributed by atoms with van der Waals surface area (Å²) in [5.74, 6) is 0.767. The highest BCUT2D eigenvalue weighted by Crippen LogP contribution is 2.20. The van der Waals surface area contributed by atoms with Crippen LogP contribution in [-0.4, -0.2) is 16.1 Å². The molecule has 0 aliphatic carbocycles. The number of unbranched alkanes of at least 4 members (excludes halogenated alkanes) is 3. The molecule has 27 heavy (non-hydrogen) atoms. The summed E-state index contributed by atoms with van der Waals surface area (Å²) in [5.41, 5.74) is 2.70. The Labute approximate surface area is 161 Å². The normalized spacial score (nSPS) is 12.4. The summed E-state index contributed by atoms with van der Waals surface area (Å²) in [5, 5.41) is 4.21. The van der Waals surface area contributed by atoms with E-state index in [1.165, 1.54) is 19.3 Å². The van der Waals surface area contributed by atoms with Crippen LogP contribution in [0.5, 0.6) is 0 Å². The van der Waals surface area contributed by atoms with Gasteiger partial charge in [-0.1, -0.05) is 56.5 Å². The molecule has 4 nitrogen and oxygen atoms in total. The van der Waals surface area contributed by atoms with Crippen LogP contribution in [0.3, 0.4) is 0 Å². The lowest BCUT2D eigenvalue weighted by molar-refractivity contribution is 0.508. The Morgan fingerprint density at radius 3 is 2.56 bits per heavy atom. The van der Waals surface area contributed by atoms with E-state index >= 15 is 0 Å². The molecule has 142 valence electrons. The number of hydrogen-bond donors (Lipinski definition) is 1. The third-order valence-electron chi connectivity index (χ3n) is 5.03. The third-order valence-corrected chi connectivity index (χ3v) is 5.03. The Balaban J connectivity index is 2.03. The van der Waals surface area contributed by atoms with Gasteiger partial charge in [0.25, 0.3) is 5.56 Å². The van der Waals surface area contributed by atoms with Crippen molar-refractivity contribution in [2.75, 3.05) is 6.54 Å². The van der Waals surface area contributed by atoms with E-state index in [0.29, 0.717) is 5.39 Å². The standard InChI is InChI=1S/C23H29N3O/c1-4-5-6-11-16-24-18(3)22-25-20-14-9-8-13-19(20)23(27)26(22)21-15-10-7-12-17(21)2/h7-10,12-15,18,24H,4-6,11,16H2,1-3H3. The van der Waals surface area contributed by atoms with Gasteiger partial charge in [-0.25, -0.2) is 4.98 Å². The minimum absolute atomic E-state index is 0.00969. The third kappa shape index (κ3) is 4.28. The Morgan fingerprint density at radius 2 is 1.78 bits per heavy atom. The first-order chi connectivity index (χ1) is 13.1. The Hall–Kier alpha value is -2.46. The van der Waals surface area contributed by atoms with Crippen molar-refractivity contribution in [2.45, 2.75) is 52.5 Å². The number of fused-ring (bicyclic) bond motifs is 1. The maximum Gasteiger partial charge on any atom is 0.266 e. The van der Waals surface area contributed by atoms with Gasteiger partial charge >= 0.3 is 0 Å². The molecule has 0 bridgehead atoms. The number of aromatic nitrogens is 2. The lowest BCUT2D eigenvalue weighted by Gasteiger charge is -2.20. The summed E-state index contributed by atoms with van der Waals surface area (Å²) in [7, 11) is 0. The van der Waals surface area contributed by atoms with Gasteiger partial charge in [0.2, 0.25) is 0 Å².